The molecule has 0 bridgehead atoms. The number of hydrogen-bond acceptors (Lipinski definition) is 9. The quantitative estimate of drug-likeness (QED) is 0.147. The van der Waals surface area contributed by atoms with Gasteiger partial charge in [-0.2, -0.15) is 10.2 Å². The fourth-order valence-electron chi connectivity index (χ4n) is 4.75. The molecule has 0 saturated heterocycles. The number of fused-ring (bicyclic) bond motifs is 2. The molecule has 0 spiro atoms. The van der Waals surface area contributed by atoms with Gasteiger partial charge >= 0.3 is 11.3 Å². The van der Waals surface area contributed by atoms with Crippen LogP contribution in [0, 0.1) is 0 Å². The summed E-state index contributed by atoms with van der Waals surface area (Å²) in [5.41, 5.74) is -1.86. The average Bonchev–Trinajstić information content (AvgIpc) is 2.96. The Bertz CT molecular complexity index is 2020. The highest BCUT2D eigenvalue weighted by atomic mass is 35.5. The van der Waals surface area contributed by atoms with Crippen LogP contribution in [0.15, 0.2) is 120 Å². The normalized spacial score (nSPS) is 11.7. The van der Waals surface area contributed by atoms with Crippen LogP contribution in [0.25, 0.3) is 21.9 Å². The first-order chi connectivity index (χ1) is 19.8. The Hall–Kier alpha value is -5.41. The molecule has 0 aliphatic rings. The number of para-hydroxylation sites is 2. The molecule has 0 fully saturated rings. The molecule has 10 heteroatoms. The summed E-state index contributed by atoms with van der Waals surface area (Å²) in [5.74, 6) is -2.85. The molecule has 2 aromatic heterocycles. The van der Waals surface area contributed by atoms with Gasteiger partial charge in [0.2, 0.25) is 0 Å². The maximum Gasteiger partial charge on any atom is 0.344 e. The summed E-state index contributed by atoms with van der Waals surface area (Å²) in [7, 11) is 0. The van der Waals surface area contributed by atoms with Gasteiger partial charge < -0.3 is 24.2 Å². The second kappa shape index (κ2) is 10.3. The van der Waals surface area contributed by atoms with Gasteiger partial charge in [-0.15, -0.1) is 0 Å². The fraction of sp³-hybridized carbons (Fsp3) is 0.0323. The molecule has 3 N–H and O–H groups in total. The number of halogens is 1. The molecule has 0 amide bonds. The number of rotatable bonds is 5. The molecule has 6 rings (SSSR count). The number of azo groups is 1. The second-order valence-corrected chi connectivity index (χ2v) is 9.59. The van der Waals surface area contributed by atoms with Crippen LogP contribution < -0.4 is 11.3 Å². The van der Waals surface area contributed by atoms with E-state index in [9.17, 15) is 24.9 Å². The zero-order valence-corrected chi connectivity index (χ0v) is 21.7. The van der Waals surface area contributed by atoms with Crippen molar-refractivity contribution in [2.24, 2.45) is 10.2 Å². The first-order valence-electron chi connectivity index (χ1n) is 12.3. The highest BCUT2D eigenvalue weighted by Crippen LogP contribution is 2.45. The van der Waals surface area contributed by atoms with Crippen LogP contribution in [0.5, 0.6) is 17.2 Å². The predicted molar refractivity (Wildman–Crippen MR) is 153 cm³/mol. The number of phenols is 1. The molecule has 0 atom stereocenters. The van der Waals surface area contributed by atoms with Crippen LogP contribution in [0.2, 0.25) is 5.02 Å². The fourth-order valence-corrected chi connectivity index (χ4v) is 4.93. The Kier molecular flexibility index (Phi) is 6.49. The first kappa shape index (κ1) is 25.8. The van der Waals surface area contributed by atoms with Gasteiger partial charge in [-0.3, -0.25) is 0 Å². The van der Waals surface area contributed by atoms with Gasteiger partial charge in [0.25, 0.3) is 0 Å². The highest BCUT2D eigenvalue weighted by molar-refractivity contribution is 6.30. The summed E-state index contributed by atoms with van der Waals surface area (Å²) in [6.45, 7) is 0. The number of aromatic hydroxyl groups is 3. The largest absolute Gasteiger partial charge is 0.508 e. The van der Waals surface area contributed by atoms with Crippen molar-refractivity contribution in [2.45, 2.75) is 5.92 Å². The number of hydrogen-bond donors (Lipinski definition) is 3. The van der Waals surface area contributed by atoms with Crippen molar-refractivity contribution in [1.82, 2.24) is 0 Å². The van der Waals surface area contributed by atoms with E-state index in [2.05, 4.69) is 10.2 Å². The maximum absolute atomic E-state index is 13.4. The van der Waals surface area contributed by atoms with E-state index in [1.165, 1.54) is 42.5 Å². The minimum Gasteiger partial charge on any atom is -0.508 e. The van der Waals surface area contributed by atoms with E-state index in [4.69, 9.17) is 20.4 Å². The minimum absolute atomic E-state index is 0.0386. The molecular formula is C31H19ClN2O7. The average molecular weight is 567 g/mol. The maximum atomic E-state index is 13.4. The monoisotopic (exact) mass is 566 g/mol. The smallest absolute Gasteiger partial charge is 0.344 e. The van der Waals surface area contributed by atoms with Crippen molar-refractivity contribution in [3.05, 3.63) is 134 Å². The van der Waals surface area contributed by atoms with Crippen molar-refractivity contribution in [3.63, 3.8) is 0 Å². The van der Waals surface area contributed by atoms with E-state index in [0.29, 0.717) is 10.7 Å². The van der Waals surface area contributed by atoms with Crippen LogP contribution in [-0.2, 0) is 0 Å². The molecule has 0 unspecified atom stereocenters. The standard InChI is InChI=1S/C31H19ClN2O7/c32-16-6-5-7-17(14-16)33-34-18-12-13-22(35)21(15-18)25(26-28(36)19-8-1-3-10-23(19)40-30(26)38)27-29(37)20-9-2-4-11-24(20)41-31(27)39/h1-15,25,35-37H. The lowest BCUT2D eigenvalue weighted by molar-refractivity contribution is 0.435. The van der Waals surface area contributed by atoms with E-state index in [1.807, 2.05) is 0 Å². The molecule has 6 aromatic rings. The molecule has 41 heavy (non-hydrogen) atoms. The summed E-state index contributed by atoms with van der Waals surface area (Å²) in [6.07, 6.45) is 0. The number of phenolic OH excluding ortho intramolecular Hbond substituents is 1. The molecule has 2 heterocycles. The lowest BCUT2D eigenvalue weighted by Gasteiger charge is -2.20. The van der Waals surface area contributed by atoms with Crippen LogP contribution >= 0.6 is 11.6 Å². The van der Waals surface area contributed by atoms with Crippen LogP contribution in [0.4, 0.5) is 11.4 Å². The van der Waals surface area contributed by atoms with Gasteiger partial charge in [-0.25, -0.2) is 9.59 Å². The van der Waals surface area contributed by atoms with Gasteiger partial charge in [0.05, 0.1) is 39.2 Å². The van der Waals surface area contributed by atoms with Gasteiger partial charge in [-0.05, 0) is 60.7 Å². The lowest BCUT2D eigenvalue weighted by Crippen LogP contribution is -2.21. The van der Waals surface area contributed by atoms with Crippen molar-refractivity contribution < 1.29 is 24.2 Å². The third-order valence-corrected chi connectivity index (χ3v) is 6.86. The Morgan fingerprint density at radius 1 is 0.634 bits per heavy atom. The first-order valence-corrected chi connectivity index (χ1v) is 12.7. The molecule has 202 valence electrons. The second-order valence-electron chi connectivity index (χ2n) is 9.15. The summed E-state index contributed by atoms with van der Waals surface area (Å²) < 4.78 is 11.0. The topological polar surface area (TPSA) is 146 Å². The SMILES string of the molecule is O=c1oc2ccccc2c(O)c1C(c1cc(N=Nc2cccc(Cl)c2)ccc1O)c1c(O)c2ccccc2oc1=O. The molecule has 0 radical (unpaired) electrons. The zero-order chi connectivity index (χ0) is 28.7. The van der Waals surface area contributed by atoms with Crippen molar-refractivity contribution in [2.75, 3.05) is 0 Å². The Morgan fingerprint density at radius 2 is 1.17 bits per heavy atom. The third kappa shape index (κ3) is 4.68. The third-order valence-electron chi connectivity index (χ3n) is 6.63. The van der Waals surface area contributed by atoms with Gasteiger partial charge in [-0.1, -0.05) is 41.9 Å². The summed E-state index contributed by atoms with van der Waals surface area (Å²) in [5, 5.41) is 42.9. The number of nitrogens with zero attached hydrogens (tertiary/aromatic N) is 2. The van der Waals surface area contributed by atoms with Crippen molar-refractivity contribution in [3.8, 4) is 17.2 Å². The zero-order valence-electron chi connectivity index (χ0n) is 21.0. The Labute approximate surface area is 235 Å². The Balaban J connectivity index is 1.64. The van der Waals surface area contributed by atoms with E-state index in [-0.39, 0.29) is 50.1 Å². The van der Waals surface area contributed by atoms with Crippen LogP contribution in [0.1, 0.15) is 22.6 Å². The van der Waals surface area contributed by atoms with E-state index >= 15 is 0 Å². The summed E-state index contributed by atoms with van der Waals surface area (Å²) in [4.78, 5) is 26.8. The van der Waals surface area contributed by atoms with Crippen molar-refractivity contribution >= 4 is 44.9 Å². The summed E-state index contributed by atoms with van der Waals surface area (Å²) >= 11 is 6.03. The summed E-state index contributed by atoms with van der Waals surface area (Å²) in [6, 6.07) is 23.5. The molecular weight excluding hydrogens is 548 g/mol. The van der Waals surface area contributed by atoms with Gasteiger partial charge in [0, 0.05) is 10.6 Å². The molecule has 0 aliphatic carbocycles. The van der Waals surface area contributed by atoms with E-state index < -0.39 is 28.7 Å². The van der Waals surface area contributed by atoms with Crippen molar-refractivity contribution in [1.29, 1.82) is 0 Å². The predicted octanol–water partition coefficient (Wildman–Crippen LogP) is 7.27. The molecule has 4 aromatic carbocycles. The van der Waals surface area contributed by atoms with E-state index in [1.54, 1.807) is 48.5 Å². The minimum atomic E-state index is -1.53. The van der Waals surface area contributed by atoms with E-state index in [0.717, 1.165) is 0 Å². The van der Waals surface area contributed by atoms with Gasteiger partial charge in [0.15, 0.2) is 0 Å². The highest BCUT2D eigenvalue weighted by Gasteiger charge is 2.34. The number of benzene rings is 4. The lowest BCUT2D eigenvalue weighted by atomic mass is 9.84. The molecule has 9 nitrogen and oxygen atoms in total. The Morgan fingerprint density at radius 3 is 1.73 bits per heavy atom. The molecule has 0 saturated carbocycles. The van der Waals surface area contributed by atoms with Gasteiger partial charge in [0.1, 0.15) is 28.4 Å². The molecule has 0 aliphatic heterocycles. The van der Waals surface area contributed by atoms with Crippen LogP contribution in [-0.4, -0.2) is 15.3 Å². The van der Waals surface area contributed by atoms with Crippen LogP contribution in [0.3, 0.4) is 0 Å².